The normalized spacial score (nSPS) is 11.1. The van der Waals surface area contributed by atoms with Gasteiger partial charge in [-0.05, 0) is 43.7 Å². The maximum atomic E-state index is 12.0. The smallest absolute Gasteiger partial charge is 0.277 e. The van der Waals surface area contributed by atoms with Gasteiger partial charge < -0.3 is 9.84 Å². The van der Waals surface area contributed by atoms with Gasteiger partial charge in [0.05, 0.1) is 11.3 Å². The quantitative estimate of drug-likeness (QED) is 0.535. The second-order valence-corrected chi connectivity index (χ2v) is 5.73. The summed E-state index contributed by atoms with van der Waals surface area (Å²) < 4.78 is 4.89. The first-order chi connectivity index (χ1) is 13.0. The molecule has 0 aliphatic carbocycles. The zero-order valence-electron chi connectivity index (χ0n) is 14.8. The second-order valence-electron chi connectivity index (χ2n) is 5.73. The number of anilines is 1. The van der Waals surface area contributed by atoms with E-state index in [0.717, 1.165) is 5.56 Å². The van der Waals surface area contributed by atoms with E-state index in [1.165, 1.54) is 6.20 Å². The first-order valence-corrected chi connectivity index (χ1v) is 8.12. The maximum Gasteiger partial charge on any atom is 0.277 e. The molecule has 0 radical (unpaired) electrons. The van der Waals surface area contributed by atoms with Crippen LogP contribution in [0.3, 0.4) is 0 Å². The number of nitrogens with zero attached hydrogens (tertiary/aromatic N) is 3. The van der Waals surface area contributed by atoms with Gasteiger partial charge in [-0.15, -0.1) is 0 Å². The molecule has 0 fully saturated rings. The number of hydrazone groups is 1. The fraction of sp³-hybridized carbons (Fsp3) is 0.105. The van der Waals surface area contributed by atoms with Gasteiger partial charge in [0.15, 0.2) is 5.69 Å². The molecule has 0 saturated heterocycles. The second kappa shape index (κ2) is 8.05. The zero-order valence-corrected chi connectivity index (χ0v) is 14.8. The lowest BCUT2D eigenvalue weighted by Gasteiger charge is -2.06. The Bertz CT molecular complexity index is 978. The van der Waals surface area contributed by atoms with Crippen LogP contribution in [0, 0.1) is 6.92 Å². The minimum absolute atomic E-state index is 0.215. The van der Waals surface area contributed by atoms with E-state index in [2.05, 4.69) is 26.0 Å². The molecule has 136 valence electrons. The van der Waals surface area contributed by atoms with E-state index in [1.54, 1.807) is 62.5 Å². The first kappa shape index (κ1) is 18.0. The molecular formula is C19H17N5O3. The maximum absolute atomic E-state index is 12.0. The van der Waals surface area contributed by atoms with Gasteiger partial charge in [-0.2, -0.15) is 5.10 Å². The average Bonchev–Trinajstić information content (AvgIpc) is 3.13. The minimum atomic E-state index is -0.353. The standard InChI is InChI=1S/C19H17N5O3/c1-12-10-17(24-27-12)19(26)21-16-7-5-14(6-8-16)13(2)22-23-18(25)15-4-3-9-20-11-15/h3-11H,1-2H3,(H,21,26)(H,23,25). The zero-order chi connectivity index (χ0) is 19.2. The van der Waals surface area contributed by atoms with E-state index in [9.17, 15) is 9.59 Å². The molecular weight excluding hydrogens is 346 g/mol. The molecule has 0 bridgehead atoms. The molecule has 0 spiro atoms. The van der Waals surface area contributed by atoms with Gasteiger partial charge in [-0.25, -0.2) is 5.43 Å². The third-order valence-electron chi connectivity index (χ3n) is 3.67. The van der Waals surface area contributed by atoms with Crippen LogP contribution in [-0.4, -0.2) is 27.7 Å². The molecule has 27 heavy (non-hydrogen) atoms. The summed E-state index contributed by atoms with van der Waals surface area (Å²) >= 11 is 0. The topological polar surface area (TPSA) is 109 Å². The summed E-state index contributed by atoms with van der Waals surface area (Å²) in [4.78, 5) is 27.9. The molecule has 0 unspecified atom stereocenters. The van der Waals surface area contributed by atoms with Crippen molar-refractivity contribution < 1.29 is 14.1 Å². The van der Waals surface area contributed by atoms with Gasteiger partial charge >= 0.3 is 0 Å². The van der Waals surface area contributed by atoms with Crippen LogP contribution < -0.4 is 10.7 Å². The van der Waals surface area contributed by atoms with Crippen molar-refractivity contribution in [1.29, 1.82) is 0 Å². The van der Waals surface area contributed by atoms with Crippen LogP contribution in [0.4, 0.5) is 5.69 Å². The Kier molecular flexibility index (Phi) is 5.36. The molecule has 3 rings (SSSR count). The van der Waals surface area contributed by atoms with Crippen LogP contribution in [-0.2, 0) is 0 Å². The van der Waals surface area contributed by atoms with E-state index in [-0.39, 0.29) is 17.5 Å². The molecule has 1 aromatic carbocycles. The van der Waals surface area contributed by atoms with Crippen molar-refractivity contribution in [2.75, 3.05) is 5.32 Å². The van der Waals surface area contributed by atoms with Gasteiger partial charge in [0.25, 0.3) is 11.8 Å². The number of aromatic nitrogens is 2. The highest BCUT2D eigenvalue weighted by Crippen LogP contribution is 2.12. The predicted molar refractivity (Wildman–Crippen MR) is 99.5 cm³/mol. The minimum Gasteiger partial charge on any atom is -0.361 e. The van der Waals surface area contributed by atoms with E-state index < -0.39 is 0 Å². The molecule has 2 N–H and O–H groups in total. The summed E-state index contributed by atoms with van der Waals surface area (Å²) in [6, 6.07) is 12.0. The molecule has 2 aromatic heterocycles. The van der Waals surface area contributed by atoms with E-state index in [1.807, 2.05) is 0 Å². The number of benzene rings is 1. The van der Waals surface area contributed by atoms with Gasteiger partial charge in [0, 0.05) is 24.1 Å². The van der Waals surface area contributed by atoms with Crippen LogP contribution in [0.15, 0.2) is 64.5 Å². The Morgan fingerprint density at radius 1 is 1.07 bits per heavy atom. The summed E-state index contributed by atoms with van der Waals surface area (Å²) in [5.74, 6) is -0.126. The number of nitrogens with one attached hydrogen (secondary N) is 2. The van der Waals surface area contributed by atoms with Crippen LogP contribution >= 0.6 is 0 Å². The Hall–Kier alpha value is -3.81. The third kappa shape index (κ3) is 4.63. The molecule has 8 nitrogen and oxygen atoms in total. The Morgan fingerprint density at radius 2 is 1.85 bits per heavy atom. The average molecular weight is 363 g/mol. The van der Waals surface area contributed by atoms with E-state index in [0.29, 0.717) is 22.7 Å². The van der Waals surface area contributed by atoms with E-state index in [4.69, 9.17) is 4.52 Å². The number of hydrogen-bond donors (Lipinski definition) is 2. The molecule has 0 aliphatic heterocycles. The lowest BCUT2D eigenvalue weighted by atomic mass is 10.1. The molecule has 2 amide bonds. The first-order valence-electron chi connectivity index (χ1n) is 8.12. The summed E-state index contributed by atoms with van der Waals surface area (Å²) in [6.07, 6.45) is 3.06. The highest BCUT2D eigenvalue weighted by Gasteiger charge is 2.11. The molecule has 0 atom stereocenters. The molecule has 3 aromatic rings. The fourth-order valence-corrected chi connectivity index (χ4v) is 2.22. The number of carbonyl (C=O) groups is 2. The van der Waals surface area contributed by atoms with Crippen LogP contribution in [0.25, 0.3) is 0 Å². The van der Waals surface area contributed by atoms with Crippen molar-refractivity contribution in [2.45, 2.75) is 13.8 Å². The lowest BCUT2D eigenvalue weighted by molar-refractivity contribution is 0.0953. The van der Waals surface area contributed by atoms with Crippen molar-refractivity contribution in [3.05, 3.63) is 77.4 Å². The predicted octanol–water partition coefficient (Wildman–Crippen LogP) is 2.78. The monoisotopic (exact) mass is 363 g/mol. The van der Waals surface area contributed by atoms with Gasteiger partial charge in [-0.1, -0.05) is 17.3 Å². The number of rotatable bonds is 5. The largest absolute Gasteiger partial charge is 0.361 e. The Labute approximate surface area is 155 Å². The van der Waals surface area contributed by atoms with Crippen LogP contribution in [0.1, 0.15) is 39.1 Å². The van der Waals surface area contributed by atoms with E-state index >= 15 is 0 Å². The summed E-state index contributed by atoms with van der Waals surface area (Å²) in [5.41, 5.74) is 5.16. The highest BCUT2D eigenvalue weighted by atomic mass is 16.5. The fourth-order valence-electron chi connectivity index (χ4n) is 2.22. The van der Waals surface area contributed by atoms with Gasteiger partial charge in [0.2, 0.25) is 0 Å². The molecule has 0 aliphatic rings. The van der Waals surface area contributed by atoms with Gasteiger partial charge in [0.1, 0.15) is 5.76 Å². The molecule has 8 heteroatoms. The number of pyridine rings is 1. The Balaban J connectivity index is 1.62. The number of amides is 2. The summed E-state index contributed by atoms with van der Waals surface area (Å²) in [6.45, 7) is 3.49. The van der Waals surface area contributed by atoms with Crippen LogP contribution in [0.2, 0.25) is 0 Å². The summed E-state index contributed by atoms with van der Waals surface area (Å²) in [5, 5.41) is 10.5. The van der Waals surface area contributed by atoms with Crippen molar-refractivity contribution in [1.82, 2.24) is 15.6 Å². The number of hydrogen-bond acceptors (Lipinski definition) is 6. The number of carbonyl (C=O) groups excluding carboxylic acids is 2. The van der Waals surface area contributed by atoms with Crippen molar-refractivity contribution in [3.8, 4) is 0 Å². The lowest BCUT2D eigenvalue weighted by Crippen LogP contribution is -2.19. The van der Waals surface area contributed by atoms with Gasteiger partial charge in [-0.3, -0.25) is 14.6 Å². The SMILES string of the molecule is CC(=NNC(=O)c1cccnc1)c1ccc(NC(=O)c2cc(C)on2)cc1. The highest BCUT2D eigenvalue weighted by molar-refractivity contribution is 6.04. The van der Waals surface area contributed by atoms with Crippen molar-refractivity contribution in [2.24, 2.45) is 5.10 Å². The van der Waals surface area contributed by atoms with Crippen molar-refractivity contribution >= 4 is 23.2 Å². The number of aryl methyl sites for hydroxylation is 1. The summed E-state index contributed by atoms with van der Waals surface area (Å²) in [7, 11) is 0. The molecule has 0 saturated carbocycles. The molecule has 2 heterocycles. The van der Waals surface area contributed by atoms with Crippen molar-refractivity contribution in [3.63, 3.8) is 0 Å². The Morgan fingerprint density at radius 3 is 2.48 bits per heavy atom. The third-order valence-corrected chi connectivity index (χ3v) is 3.67. The van der Waals surface area contributed by atoms with Crippen LogP contribution in [0.5, 0.6) is 0 Å².